The third-order valence-corrected chi connectivity index (χ3v) is 6.01. The fraction of sp³-hybridized carbons (Fsp3) is 0.120. The summed E-state index contributed by atoms with van der Waals surface area (Å²) >= 11 is 7.00. The number of halogens is 1. The van der Waals surface area contributed by atoms with Gasteiger partial charge >= 0.3 is 0 Å². The van der Waals surface area contributed by atoms with Crippen molar-refractivity contribution in [3.05, 3.63) is 105 Å². The van der Waals surface area contributed by atoms with Crippen molar-refractivity contribution < 1.29 is 14.3 Å². The Morgan fingerprint density at radius 2 is 1.74 bits per heavy atom. The minimum Gasteiger partial charge on any atom is -0.486 e. The molecule has 1 aromatic heterocycles. The van der Waals surface area contributed by atoms with Crippen molar-refractivity contribution in [2.45, 2.75) is 19.6 Å². The molecule has 172 valence electrons. The second-order valence-electron chi connectivity index (χ2n) is 7.38. The van der Waals surface area contributed by atoms with Crippen LogP contribution >= 0.6 is 22.9 Å². The van der Waals surface area contributed by atoms with E-state index in [0.29, 0.717) is 27.0 Å². The maximum absolute atomic E-state index is 12.7. The van der Waals surface area contributed by atoms with Crippen LogP contribution in [0.4, 0.5) is 5.69 Å². The lowest BCUT2D eigenvalue weighted by Crippen LogP contribution is -2.26. The number of benzene rings is 3. The Balaban J connectivity index is 1.35. The molecule has 3 aromatic carbocycles. The zero-order chi connectivity index (χ0) is 23.9. The van der Waals surface area contributed by atoms with Crippen LogP contribution in [0.15, 0.2) is 78.9 Å². The number of anilines is 1. The van der Waals surface area contributed by atoms with Crippen LogP contribution in [0.5, 0.6) is 5.75 Å². The van der Waals surface area contributed by atoms with E-state index in [1.807, 2.05) is 37.3 Å². The van der Waals surface area contributed by atoms with Crippen LogP contribution in [-0.4, -0.2) is 22.0 Å². The summed E-state index contributed by atoms with van der Waals surface area (Å²) in [6.45, 7) is 2.10. The molecular formula is C25H21ClN4O3S. The normalized spacial score (nSPS) is 11.5. The average molecular weight is 493 g/mol. The lowest BCUT2D eigenvalue weighted by Gasteiger charge is -2.14. The number of aromatic nitrogens is 2. The smallest absolute Gasteiger partial charge is 0.286 e. The molecule has 7 nitrogen and oxygen atoms in total. The Bertz CT molecular complexity index is 1280. The van der Waals surface area contributed by atoms with Crippen LogP contribution in [0.1, 0.15) is 43.7 Å². The first kappa shape index (κ1) is 23.4. The summed E-state index contributed by atoms with van der Waals surface area (Å²) in [4.78, 5) is 25.3. The molecule has 4 aromatic rings. The van der Waals surface area contributed by atoms with E-state index < -0.39 is 5.91 Å². The first-order valence-electron chi connectivity index (χ1n) is 10.5. The molecule has 0 spiro atoms. The number of amides is 2. The summed E-state index contributed by atoms with van der Waals surface area (Å²) in [7, 11) is 0. The molecule has 2 amide bonds. The Labute approximate surface area is 205 Å². The highest BCUT2D eigenvalue weighted by molar-refractivity contribution is 7.13. The second-order valence-corrected chi connectivity index (χ2v) is 8.88. The number of carbonyl (C=O) groups excluding carboxylic acids is 2. The van der Waals surface area contributed by atoms with Gasteiger partial charge in [0.25, 0.3) is 11.8 Å². The Kier molecular flexibility index (Phi) is 7.51. The van der Waals surface area contributed by atoms with E-state index in [1.54, 1.807) is 48.5 Å². The first-order chi connectivity index (χ1) is 16.5. The molecule has 0 aliphatic carbocycles. The van der Waals surface area contributed by atoms with E-state index in [4.69, 9.17) is 16.3 Å². The van der Waals surface area contributed by atoms with Crippen LogP contribution in [0.25, 0.3) is 0 Å². The van der Waals surface area contributed by atoms with Crippen LogP contribution in [-0.2, 0) is 6.61 Å². The van der Waals surface area contributed by atoms with Crippen LogP contribution < -0.4 is 15.4 Å². The van der Waals surface area contributed by atoms with Crippen LogP contribution in [0.2, 0.25) is 5.02 Å². The molecule has 0 saturated heterocycles. The standard InChI is InChI=1S/C25H21ClN4O3S/c1-16(17-6-3-2-4-7-17)27-23(31)18-8-5-9-20(14-18)28-24(32)25-30-29-22(34-25)15-33-21-12-10-19(26)11-13-21/h2-14,16H,15H2,1H3,(H,27,31)(H,28,32)/t16-/m0/s1. The van der Waals surface area contributed by atoms with Gasteiger partial charge in [0.2, 0.25) is 5.01 Å². The summed E-state index contributed by atoms with van der Waals surface area (Å²) in [6, 6.07) is 23.2. The van der Waals surface area contributed by atoms with Crippen molar-refractivity contribution in [3.8, 4) is 5.75 Å². The zero-order valence-corrected chi connectivity index (χ0v) is 19.8. The van der Waals surface area contributed by atoms with E-state index >= 15 is 0 Å². The van der Waals surface area contributed by atoms with Gasteiger partial charge in [0.15, 0.2) is 5.01 Å². The number of nitrogens with zero attached hydrogens (tertiary/aromatic N) is 2. The highest BCUT2D eigenvalue weighted by Crippen LogP contribution is 2.20. The molecular weight excluding hydrogens is 472 g/mol. The number of ether oxygens (including phenoxy) is 1. The molecule has 0 bridgehead atoms. The summed E-state index contributed by atoms with van der Waals surface area (Å²) in [6.07, 6.45) is 0. The third-order valence-electron chi connectivity index (χ3n) is 4.87. The Hall–Kier alpha value is -3.75. The van der Waals surface area contributed by atoms with Gasteiger partial charge in [0.05, 0.1) is 6.04 Å². The summed E-state index contributed by atoms with van der Waals surface area (Å²) in [5.74, 6) is -0.00210. The number of hydrogen-bond acceptors (Lipinski definition) is 6. The fourth-order valence-corrected chi connectivity index (χ4v) is 3.88. The van der Waals surface area contributed by atoms with Gasteiger partial charge in [0, 0.05) is 16.3 Å². The van der Waals surface area contributed by atoms with Gasteiger partial charge in [-0.2, -0.15) is 0 Å². The van der Waals surface area contributed by atoms with E-state index in [0.717, 1.165) is 16.9 Å². The number of rotatable bonds is 8. The van der Waals surface area contributed by atoms with Crippen molar-refractivity contribution in [3.63, 3.8) is 0 Å². The van der Waals surface area contributed by atoms with Crippen molar-refractivity contribution in [2.24, 2.45) is 0 Å². The maximum atomic E-state index is 12.7. The van der Waals surface area contributed by atoms with Gasteiger partial charge in [-0.1, -0.05) is 59.3 Å². The SMILES string of the molecule is C[C@H](NC(=O)c1cccc(NC(=O)c2nnc(COc3ccc(Cl)cc3)s2)c1)c1ccccc1. The lowest BCUT2D eigenvalue weighted by atomic mass is 10.1. The van der Waals surface area contributed by atoms with Crippen molar-refractivity contribution >= 4 is 40.4 Å². The van der Waals surface area contributed by atoms with Gasteiger partial charge in [0.1, 0.15) is 12.4 Å². The van der Waals surface area contributed by atoms with Gasteiger partial charge in [-0.3, -0.25) is 9.59 Å². The van der Waals surface area contributed by atoms with E-state index in [-0.39, 0.29) is 23.6 Å². The topological polar surface area (TPSA) is 93.2 Å². The predicted molar refractivity (Wildman–Crippen MR) is 132 cm³/mol. The fourth-order valence-electron chi connectivity index (χ4n) is 3.11. The summed E-state index contributed by atoms with van der Waals surface area (Å²) < 4.78 is 5.64. The van der Waals surface area contributed by atoms with Gasteiger partial charge in [-0.25, -0.2) is 0 Å². The van der Waals surface area contributed by atoms with Crippen molar-refractivity contribution in [2.75, 3.05) is 5.32 Å². The Morgan fingerprint density at radius 1 is 0.971 bits per heavy atom. The molecule has 2 N–H and O–H groups in total. The molecule has 0 saturated carbocycles. The summed E-state index contributed by atoms with van der Waals surface area (Å²) in [5, 5.41) is 15.1. The largest absolute Gasteiger partial charge is 0.486 e. The minimum atomic E-state index is -0.412. The second kappa shape index (κ2) is 10.9. The van der Waals surface area contributed by atoms with Crippen LogP contribution in [0, 0.1) is 0 Å². The zero-order valence-electron chi connectivity index (χ0n) is 18.2. The molecule has 0 radical (unpaired) electrons. The molecule has 0 fully saturated rings. The van der Waals surface area contributed by atoms with E-state index in [9.17, 15) is 9.59 Å². The van der Waals surface area contributed by atoms with E-state index in [1.165, 1.54) is 0 Å². The molecule has 1 heterocycles. The van der Waals surface area contributed by atoms with Crippen LogP contribution in [0.3, 0.4) is 0 Å². The molecule has 0 aliphatic heterocycles. The van der Waals surface area contributed by atoms with Gasteiger partial charge < -0.3 is 15.4 Å². The van der Waals surface area contributed by atoms with Crippen molar-refractivity contribution in [1.82, 2.24) is 15.5 Å². The molecule has 0 unspecified atom stereocenters. The quantitative estimate of drug-likeness (QED) is 0.338. The van der Waals surface area contributed by atoms with Crippen molar-refractivity contribution in [1.29, 1.82) is 0 Å². The molecule has 1 atom stereocenters. The third kappa shape index (κ3) is 6.18. The molecule has 34 heavy (non-hydrogen) atoms. The first-order valence-corrected chi connectivity index (χ1v) is 11.7. The summed E-state index contributed by atoms with van der Waals surface area (Å²) in [5.41, 5.74) is 1.93. The molecule has 9 heteroatoms. The minimum absolute atomic E-state index is 0.151. The number of nitrogens with one attached hydrogen (secondary N) is 2. The number of hydrogen-bond donors (Lipinski definition) is 2. The van der Waals surface area contributed by atoms with Gasteiger partial charge in [-0.05, 0) is 55.0 Å². The molecule has 4 rings (SSSR count). The predicted octanol–water partition coefficient (Wildman–Crippen LogP) is 5.51. The monoisotopic (exact) mass is 492 g/mol. The lowest BCUT2D eigenvalue weighted by molar-refractivity contribution is 0.0938. The highest BCUT2D eigenvalue weighted by Gasteiger charge is 2.16. The average Bonchev–Trinajstić information content (AvgIpc) is 3.34. The van der Waals surface area contributed by atoms with Gasteiger partial charge in [-0.15, -0.1) is 10.2 Å². The van der Waals surface area contributed by atoms with E-state index in [2.05, 4.69) is 20.8 Å². The Morgan fingerprint density at radius 3 is 2.50 bits per heavy atom. The number of carbonyl (C=O) groups is 2. The highest BCUT2D eigenvalue weighted by atomic mass is 35.5. The molecule has 0 aliphatic rings. The maximum Gasteiger partial charge on any atom is 0.286 e.